The van der Waals surface area contributed by atoms with Crippen LogP contribution in [0, 0.1) is 0 Å². The van der Waals surface area contributed by atoms with Crippen LogP contribution in [0.3, 0.4) is 0 Å². The Morgan fingerprint density at radius 3 is 2.52 bits per heavy atom. The summed E-state index contributed by atoms with van der Waals surface area (Å²) in [6, 6.07) is 18.8. The fourth-order valence-electron chi connectivity index (χ4n) is 4.31. The zero-order valence-corrected chi connectivity index (χ0v) is 16.4. The Balaban J connectivity index is 1.37. The Labute approximate surface area is 170 Å². The number of nitrogens with zero attached hydrogens (tertiary/aromatic N) is 2. The lowest BCUT2D eigenvalue weighted by molar-refractivity contribution is -0.147. The molecule has 1 saturated heterocycles. The summed E-state index contributed by atoms with van der Waals surface area (Å²) in [7, 11) is 0. The molecule has 3 heterocycles. The van der Waals surface area contributed by atoms with E-state index in [1.54, 1.807) is 0 Å². The maximum atomic E-state index is 12.9. The molecule has 5 nitrogen and oxygen atoms in total. The fraction of sp³-hybridized carbons (Fsp3) is 0.333. The number of aromatic nitrogens is 2. The molecule has 0 aliphatic carbocycles. The molecule has 29 heavy (non-hydrogen) atoms. The van der Waals surface area contributed by atoms with Gasteiger partial charge in [-0.3, -0.25) is 9.89 Å². The van der Waals surface area contributed by atoms with Crippen molar-refractivity contribution in [2.75, 3.05) is 13.2 Å². The van der Waals surface area contributed by atoms with Gasteiger partial charge in [-0.15, -0.1) is 0 Å². The smallest absolute Gasteiger partial charge is 0.252 e. The molecule has 0 spiro atoms. The number of H-pyrrole nitrogens is 1. The average Bonchev–Trinajstić information content (AvgIpc) is 3.23. The predicted molar refractivity (Wildman–Crippen MR) is 112 cm³/mol. The van der Waals surface area contributed by atoms with E-state index in [2.05, 4.69) is 58.7 Å². The minimum atomic E-state index is -0.272. The fourth-order valence-corrected chi connectivity index (χ4v) is 4.31. The summed E-state index contributed by atoms with van der Waals surface area (Å²) in [5.74, 6) is 0.127. The third-order valence-electron chi connectivity index (χ3n) is 5.97. The van der Waals surface area contributed by atoms with E-state index < -0.39 is 0 Å². The van der Waals surface area contributed by atoms with E-state index in [9.17, 15) is 4.79 Å². The summed E-state index contributed by atoms with van der Waals surface area (Å²) in [6.07, 6.45) is 3.49. The highest BCUT2D eigenvalue weighted by atomic mass is 16.5. The van der Waals surface area contributed by atoms with Crippen LogP contribution in [-0.2, 0) is 22.5 Å². The van der Waals surface area contributed by atoms with Crippen LogP contribution in [0.1, 0.15) is 30.5 Å². The molecule has 1 amide bonds. The van der Waals surface area contributed by atoms with Crippen molar-refractivity contribution in [3.8, 4) is 22.4 Å². The monoisotopic (exact) mass is 387 g/mol. The van der Waals surface area contributed by atoms with E-state index in [1.807, 2.05) is 11.0 Å². The summed E-state index contributed by atoms with van der Waals surface area (Å²) in [5, 5.41) is 7.77. The van der Waals surface area contributed by atoms with Gasteiger partial charge in [0, 0.05) is 42.9 Å². The van der Waals surface area contributed by atoms with Crippen LogP contribution in [0.2, 0.25) is 0 Å². The number of rotatable bonds is 3. The molecular weight excluding hydrogens is 362 g/mol. The highest BCUT2D eigenvalue weighted by molar-refractivity contribution is 5.82. The first-order valence-corrected chi connectivity index (χ1v) is 10.4. The molecule has 1 aromatic heterocycles. The number of hydrogen-bond acceptors (Lipinski definition) is 3. The molecule has 0 radical (unpaired) electrons. The molecule has 2 aromatic carbocycles. The van der Waals surface area contributed by atoms with Gasteiger partial charge < -0.3 is 9.64 Å². The van der Waals surface area contributed by atoms with Crippen LogP contribution in [0.25, 0.3) is 22.4 Å². The molecule has 2 aliphatic heterocycles. The van der Waals surface area contributed by atoms with Crippen molar-refractivity contribution in [3.63, 3.8) is 0 Å². The third kappa shape index (κ3) is 3.58. The van der Waals surface area contributed by atoms with E-state index in [0.29, 0.717) is 13.2 Å². The van der Waals surface area contributed by atoms with Crippen molar-refractivity contribution in [2.24, 2.45) is 0 Å². The van der Waals surface area contributed by atoms with Crippen molar-refractivity contribution < 1.29 is 9.53 Å². The summed E-state index contributed by atoms with van der Waals surface area (Å²) >= 11 is 0. The third-order valence-corrected chi connectivity index (χ3v) is 5.97. The molecule has 2 aliphatic rings. The van der Waals surface area contributed by atoms with Gasteiger partial charge in [-0.05, 0) is 30.4 Å². The maximum Gasteiger partial charge on any atom is 0.252 e. The standard InChI is InChI=1S/C24H25N3O2/c28-24(22-8-4-5-15-29-22)27-14-13-21-20(16-27)23(26-25-21)19-11-9-18(10-12-19)17-6-2-1-3-7-17/h1-3,6-7,9-12,22H,4-5,8,13-16H2,(H,25,26)/t22-/m0/s1. The van der Waals surface area contributed by atoms with Gasteiger partial charge in [-0.25, -0.2) is 0 Å². The predicted octanol–water partition coefficient (Wildman–Crippen LogP) is 4.20. The summed E-state index contributed by atoms with van der Waals surface area (Å²) in [6.45, 7) is 2.01. The zero-order valence-electron chi connectivity index (χ0n) is 16.4. The lowest BCUT2D eigenvalue weighted by Crippen LogP contribution is -2.44. The second-order valence-corrected chi connectivity index (χ2v) is 7.84. The molecule has 148 valence electrons. The number of ether oxygens (including phenoxy) is 1. The molecule has 0 bridgehead atoms. The quantitative estimate of drug-likeness (QED) is 0.733. The minimum Gasteiger partial charge on any atom is -0.368 e. The van der Waals surface area contributed by atoms with E-state index >= 15 is 0 Å². The summed E-state index contributed by atoms with van der Waals surface area (Å²) < 4.78 is 5.72. The van der Waals surface area contributed by atoms with Crippen molar-refractivity contribution in [1.82, 2.24) is 15.1 Å². The summed E-state index contributed by atoms with van der Waals surface area (Å²) in [5.41, 5.74) is 6.68. The van der Waals surface area contributed by atoms with E-state index in [4.69, 9.17) is 4.74 Å². The van der Waals surface area contributed by atoms with Crippen LogP contribution >= 0.6 is 0 Å². The van der Waals surface area contributed by atoms with Gasteiger partial charge >= 0.3 is 0 Å². The Morgan fingerprint density at radius 2 is 1.76 bits per heavy atom. The molecule has 3 aromatic rings. The molecule has 5 rings (SSSR count). The van der Waals surface area contributed by atoms with Gasteiger partial charge in [0.15, 0.2) is 0 Å². The number of fused-ring (bicyclic) bond motifs is 1. The molecule has 0 saturated carbocycles. The number of hydrogen-bond donors (Lipinski definition) is 1. The number of nitrogens with one attached hydrogen (secondary N) is 1. The van der Waals surface area contributed by atoms with Gasteiger partial charge in [-0.1, -0.05) is 54.6 Å². The topological polar surface area (TPSA) is 58.2 Å². The first-order valence-electron chi connectivity index (χ1n) is 10.4. The van der Waals surface area contributed by atoms with Crippen LogP contribution < -0.4 is 0 Å². The second kappa shape index (κ2) is 7.84. The molecular formula is C24H25N3O2. The largest absolute Gasteiger partial charge is 0.368 e. The molecule has 1 fully saturated rings. The number of carbonyl (C=O) groups is 1. The van der Waals surface area contributed by atoms with Crippen molar-refractivity contribution in [1.29, 1.82) is 0 Å². The second-order valence-electron chi connectivity index (χ2n) is 7.84. The van der Waals surface area contributed by atoms with Crippen LogP contribution in [0.4, 0.5) is 0 Å². The maximum absolute atomic E-state index is 12.9. The highest BCUT2D eigenvalue weighted by Crippen LogP contribution is 2.31. The average molecular weight is 387 g/mol. The van der Waals surface area contributed by atoms with E-state index in [1.165, 1.54) is 11.1 Å². The number of amides is 1. The van der Waals surface area contributed by atoms with Crippen LogP contribution in [0.15, 0.2) is 54.6 Å². The molecule has 5 heteroatoms. The van der Waals surface area contributed by atoms with Crippen LogP contribution in [-0.4, -0.2) is 40.3 Å². The Hall–Kier alpha value is -2.92. The van der Waals surface area contributed by atoms with Gasteiger partial charge in [0.2, 0.25) is 0 Å². The van der Waals surface area contributed by atoms with Crippen molar-refractivity contribution >= 4 is 5.91 Å². The summed E-state index contributed by atoms with van der Waals surface area (Å²) in [4.78, 5) is 14.8. The van der Waals surface area contributed by atoms with Crippen molar-refractivity contribution in [3.05, 3.63) is 65.9 Å². The van der Waals surface area contributed by atoms with E-state index in [-0.39, 0.29) is 12.0 Å². The van der Waals surface area contributed by atoms with Crippen molar-refractivity contribution in [2.45, 2.75) is 38.3 Å². The zero-order chi connectivity index (χ0) is 19.6. The first kappa shape index (κ1) is 18.1. The van der Waals surface area contributed by atoms with Gasteiger partial charge in [0.05, 0.1) is 5.69 Å². The molecule has 0 unspecified atom stereocenters. The Kier molecular flexibility index (Phi) is 4.90. The van der Waals surface area contributed by atoms with Crippen LogP contribution in [0.5, 0.6) is 0 Å². The minimum absolute atomic E-state index is 0.127. The van der Waals surface area contributed by atoms with Gasteiger partial charge in [-0.2, -0.15) is 5.10 Å². The SMILES string of the molecule is O=C([C@@H]1CCCCO1)N1CCc2[nH]nc(-c3ccc(-c4ccccc4)cc3)c2C1. The van der Waals surface area contributed by atoms with Gasteiger partial charge in [0.25, 0.3) is 5.91 Å². The highest BCUT2D eigenvalue weighted by Gasteiger charge is 2.31. The number of aromatic amines is 1. The normalized spacial score (nSPS) is 19.0. The molecule has 1 atom stereocenters. The number of benzene rings is 2. The first-order chi connectivity index (χ1) is 14.3. The Morgan fingerprint density at radius 1 is 1.00 bits per heavy atom. The van der Waals surface area contributed by atoms with Gasteiger partial charge in [0.1, 0.15) is 6.10 Å². The lowest BCUT2D eigenvalue weighted by Gasteiger charge is -2.32. The Bertz CT molecular complexity index is 989. The van der Waals surface area contributed by atoms with E-state index in [0.717, 1.165) is 54.7 Å². The lowest BCUT2D eigenvalue weighted by atomic mass is 9.98. The molecule has 1 N–H and O–H groups in total. The number of carbonyl (C=O) groups excluding carboxylic acids is 1.